The Morgan fingerprint density at radius 3 is 1.92 bits per heavy atom. The number of rotatable bonds is 14. The van der Waals surface area contributed by atoms with Crippen LogP contribution in [0.1, 0.15) is 37.3 Å². The standard InChI is InChI=1S/C26H35N5O5/c1-17(32)29-23(16-19-10-12-20(33)13-11-19)26(36)30-21(9-5-6-14-27)25(35)31-22(24(28)34)15-18-7-3-2-4-8-18/h2-4,7-8,10-13,21-23,33H,5-6,9,14-16,27H2,1H3,(H2,28,34)(H,29,32)(H,30,36)(H,31,35). The Morgan fingerprint density at radius 1 is 0.778 bits per heavy atom. The number of amides is 4. The molecule has 0 aliphatic heterocycles. The molecule has 0 spiro atoms. The summed E-state index contributed by atoms with van der Waals surface area (Å²) in [5.41, 5.74) is 12.7. The minimum absolute atomic E-state index is 0.0791. The fourth-order valence-electron chi connectivity index (χ4n) is 3.70. The summed E-state index contributed by atoms with van der Waals surface area (Å²) in [6.07, 6.45) is 1.86. The number of nitrogens with two attached hydrogens (primary N) is 2. The van der Waals surface area contributed by atoms with Crippen molar-refractivity contribution in [2.45, 2.75) is 57.2 Å². The molecule has 0 aliphatic carbocycles. The molecule has 8 N–H and O–H groups in total. The van der Waals surface area contributed by atoms with Gasteiger partial charge in [-0.3, -0.25) is 19.2 Å². The van der Waals surface area contributed by atoms with Gasteiger partial charge in [-0.05, 0) is 49.1 Å². The molecule has 194 valence electrons. The first-order valence-corrected chi connectivity index (χ1v) is 11.9. The van der Waals surface area contributed by atoms with E-state index in [1.807, 2.05) is 30.3 Å². The van der Waals surface area contributed by atoms with Crippen molar-refractivity contribution in [2.75, 3.05) is 6.54 Å². The van der Waals surface area contributed by atoms with Crippen LogP contribution in [0.5, 0.6) is 5.75 Å². The molecule has 10 nitrogen and oxygen atoms in total. The lowest BCUT2D eigenvalue weighted by atomic mass is 10.0. The molecule has 0 bridgehead atoms. The monoisotopic (exact) mass is 497 g/mol. The molecule has 0 aromatic heterocycles. The van der Waals surface area contributed by atoms with E-state index in [0.29, 0.717) is 24.9 Å². The van der Waals surface area contributed by atoms with Crippen molar-refractivity contribution in [2.24, 2.45) is 11.5 Å². The van der Waals surface area contributed by atoms with Gasteiger partial charge in [0.2, 0.25) is 23.6 Å². The van der Waals surface area contributed by atoms with Crippen molar-refractivity contribution in [3.8, 4) is 5.75 Å². The molecular formula is C26H35N5O5. The van der Waals surface area contributed by atoms with Crippen LogP contribution in [0.3, 0.4) is 0 Å². The lowest BCUT2D eigenvalue weighted by Crippen LogP contribution is -2.57. The zero-order valence-electron chi connectivity index (χ0n) is 20.4. The van der Waals surface area contributed by atoms with Crippen molar-refractivity contribution in [3.63, 3.8) is 0 Å². The molecule has 0 aliphatic rings. The van der Waals surface area contributed by atoms with Gasteiger partial charge in [-0.2, -0.15) is 0 Å². The number of hydrogen-bond donors (Lipinski definition) is 6. The van der Waals surface area contributed by atoms with E-state index in [-0.39, 0.29) is 25.0 Å². The fraction of sp³-hybridized carbons (Fsp3) is 0.385. The van der Waals surface area contributed by atoms with Crippen LogP contribution in [0, 0.1) is 0 Å². The molecule has 0 heterocycles. The number of carbonyl (C=O) groups excluding carboxylic acids is 4. The first-order valence-electron chi connectivity index (χ1n) is 11.9. The van der Waals surface area contributed by atoms with Crippen molar-refractivity contribution >= 4 is 23.6 Å². The molecule has 2 aromatic rings. The molecule has 2 rings (SSSR count). The highest BCUT2D eigenvalue weighted by Gasteiger charge is 2.28. The van der Waals surface area contributed by atoms with Gasteiger partial charge in [0.15, 0.2) is 0 Å². The molecular weight excluding hydrogens is 462 g/mol. The molecule has 0 saturated carbocycles. The van der Waals surface area contributed by atoms with E-state index in [9.17, 15) is 24.3 Å². The number of phenols is 1. The summed E-state index contributed by atoms with van der Waals surface area (Å²) in [5, 5.41) is 17.5. The lowest BCUT2D eigenvalue weighted by Gasteiger charge is -2.25. The molecule has 3 unspecified atom stereocenters. The predicted molar refractivity (Wildman–Crippen MR) is 136 cm³/mol. The van der Waals surface area contributed by atoms with E-state index in [1.165, 1.54) is 19.1 Å². The van der Waals surface area contributed by atoms with Crippen molar-refractivity contribution in [1.82, 2.24) is 16.0 Å². The van der Waals surface area contributed by atoms with Gasteiger partial charge in [-0.1, -0.05) is 42.5 Å². The highest BCUT2D eigenvalue weighted by Crippen LogP contribution is 2.12. The number of carbonyl (C=O) groups is 4. The summed E-state index contributed by atoms with van der Waals surface area (Å²) in [5.74, 6) is -2.12. The van der Waals surface area contributed by atoms with Gasteiger partial charge >= 0.3 is 0 Å². The largest absolute Gasteiger partial charge is 0.508 e. The van der Waals surface area contributed by atoms with Gasteiger partial charge in [0.1, 0.15) is 23.9 Å². The van der Waals surface area contributed by atoms with Gasteiger partial charge in [-0.25, -0.2) is 0 Å². The predicted octanol–water partition coefficient (Wildman–Crippen LogP) is 0.266. The van der Waals surface area contributed by atoms with E-state index in [0.717, 1.165) is 5.56 Å². The average Bonchev–Trinajstić information content (AvgIpc) is 2.84. The molecule has 10 heteroatoms. The Morgan fingerprint density at radius 2 is 1.33 bits per heavy atom. The minimum atomic E-state index is -0.961. The molecule has 36 heavy (non-hydrogen) atoms. The summed E-state index contributed by atoms with van der Waals surface area (Å²) >= 11 is 0. The zero-order valence-corrected chi connectivity index (χ0v) is 20.4. The fourth-order valence-corrected chi connectivity index (χ4v) is 3.70. The summed E-state index contributed by atoms with van der Waals surface area (Å²) in [6, 6.07) is 12.5. The molecule has 4 amide bonds. The van der Waals surface area contributed by atoms with Gasteiger partial charge in [0.25, 0.3) is 0 Å². The average molecular weight is 498 g/mol. The van der Waals surface area contributed by atoms with Crippen LogP contribution in [-0.4, -0.2) is 53.4 Å². The quantitative estimate of drug-likeness (QED) is 0.204. The smallest absolute Gasteiger partial charge is 0.243 e. The summed E-state index contributed by atoms with van der Waals surface area (Å²) in [6.45, 7) is 1.72. The number of nitrogens with one attached hydrogen (secondary N) is 3. The molecule has 2 aromatic carbocycles. The molecule has 0 fully saturated rings. The van der Waals surface area contributed by atoms with Gasteiger partial charge in [-0.15, -0.1) is 0 Å². The Kier molecular flexibility index (Phi) is 11.4. The maximum atomic E-state index is 13.1. The molecule has 0 radical (unpaired) electrons. The Labute approximate surface area is 210 Å². The number of phenolic OH excluding ortho intramolecular Hbond substituents is 1. The Bertz CT molecular complexity index is 1010. The van der Waals surface area contributed by atoms with Crippen LogP contribution in [-0.2, 0) is 32.0 Å². The highest BCUT2D eigenvalue weighted by molar-refractivity contribution is 5.94. The van der Waals surface area contributed by atoms with Gasteiger partial charge in [0, 0.05) is 19.8 Å². The lowest BCUT2D eigenvalue weighted by molar-refractivity contribution is -0.133. The normalized spacial score (nSPS) is 13.2. The highest BCUT2D eigenvalue weighted by atomic mass is 16.3. The molecule has 3 atom stereocenters. The second-order valence-electron chi connectivity index (χ2n) is 8.62. The number of aromatic hydroxyl groups is 1. The second kappa shape index (κ2) is 14.5. The summed E-state index contributed by atoms with van der Waals surface area (Å²) in [7, 11) is 0. The van der Waals surface area contributed by atoms with Crippen molar-refractivity contribution < 1.29 is 24.3 Å². The first kappa shape index (κ1) is 28.3. The van der Waals surface area contributed by atoms with Gasteiger partial charge < -0.3 is 32.5 Å². The van der Waals surface area contributed by atoms with Crippen molar-refractivity contribution in [3.05, 3.63) is 65.7 Å². The van der Waals surface area contributed by atoms with Crippen LogP contribution in [0.15, 0.2) is 54.6 Å². The van der Waals surface area contributed by atoms with Crippen LogP contribution in [0.4, 0.5) is 0 Å². The van der Waals surface area contributed by atoms with Crippen molar-refractivity contribution in [1.29, 1.82) is 0 Å². The minimum Gasteiger partial charge on any atom is -0.508 e. The number of unbranched alkanes of at least 4 members (excludes halogenated alkanes) is 1. The van der Waals surface area contributed by atoms with E-state index in [4.69, 9.17) is 11.5 Å². The summed E-state index contributed by atoms with van der Waals surface area (Å²) < 4.78 is 0. The van der Waals surface area contributed by atoms with Crippen LogP contribution < -0.4 is 27.4 Å². The summed E-state index contributed by atoms with van der Waals surface area (Å²) in [4.78, 5) is 50.1. The van der Waals surface area contributed by atoms with Crippen LogP contribution in [0.2, 0.25) is 0 Å². The molecule has 0 saturated heterocycles. The number of benzene rings is 2. The number of hydrogen-bond acceptors (Lipinski definition) is 6. The first-order chi connectivity index (χ1) is 17.2. The topological polar surface area (TPSA) is 177 Å². The second-order valence-corrected chi connectivity index (χ2v) is 8.62. The third-order valence-electron chi connectivity index (χ3n) is 5.59. The number of primary amides is 1. The van der Waals surface area contributed by atoms with Crippen LogP contribution in [0.25, 0.3) is 0 Å². The third kappa shape index (κ3) is 9.75. The van der Waals surface area contributed by atoms with E-state index < -0.39 is 41.8 Å². The SMILES string of the molecule is CC(=O)NC(Cc1ccc(O)cc1)C(=O)NC(CCCCN)C(=O)NC(Cc1ccccc1)C(N)=O. The van der Waals surface area contributed by atoms with E-state index in [2.05, 4.69) is 16.0 Å². The Balaban J connectivity index is 2.15. The third-order valence-corrected chi connectivity index (χ3v) is 5.59. The zero-order chi connectivity index (χ0) is 26.5. The van der Waals surface area contributed by atoms with E-state index >= 15 is 0 Å². The van der Waals surface area contributed by atoms with E-state index in [1.54, 1.807) is 12.1 Å². The Hall–Kier alpha value is -3.92. The maximum absolute atomic E-state index is 13.1. The van der Waals surface area contributed by atoms with Crippen LogP contribution >= 0.6 is 0 Å². The maximum Gasteiger partial charge on any atom is 0.243 e. The van der Waals surface area contributed by atoms with Gasteiger partial charge in [0.05, 0.1) is 0 Å².